The molecule has 3 rings (SSSR count). The number of anilines is 1. The van der Waals surface area contributed by atoms with Crippen LogP contribution >= 0.6 is 0 Å². The van der Waals surface area contributed by atoms with Crippen LogP contribution in [0.3, 0.4) is 0 Å². The molecular formula is C27H26N2O7. The molecule has 0 radical (unpaired) electrons. The van der Waals surface area contributed by atoms with E-state index in [2.05, 4.69) is 5.32 Å². The van der Waals surface area contributed by atoms with Crippen molar-refractivity contribution >= 4 is 29.0 Å². The molecule has 3 aromatic carbocycles. The van der Waals surface area contributed by atoms with Gasteiger partial charge in [0, 0.05) is 17.5 Å². The van der Waals surface area contributed by atoms with Crippen molar-refractivity contribution in [3.8, 4) is 5.75 Å². The number of nitrogens with one attached hydrogen (secondary N) is 1. The summed E-state index contributed by atoms with van der Waals surface area (Å²) in [5.74, 6) is -1.47. The van der Waals surface area contributed by atoms with Gasteiger partial charge >= 0.3 is 5.97 Å². The molecule has 3 aromatic rings. The Balaban J connectivity index is 1.69. The molecule has 0 aliphatic rings. The minimum Gasteiger partial charge on any atom is -0.496 e. The van der Waals surface area contributed by atoms with E-state index < -0.39 is 22.9 Å². The van der Waals surface area contributed by atoms with Gasteiger partial charge < -0.3 is 14.8 Å². The SMILES string of the molecule is COc1ccc(NC(=O)CCC(=O)O[C@@H](C(=O)c2ccc(C)c(C)c2)c2ccccc2)c([N+](=O)[O-])c1. The Kier molecular flexibility index (Phi) is 8.51. The molecule has 9 heteroatoms. The van der Waals surface area contributed by atoms with Crippen LogP contribution in [0.5, 0.6) is 5.75 Å². The average molecular weight is 491 g/mol. The summed E-state index contributed by atoms with van der Waals surface area (Å²) in [6.07, 6.45) is -1.78. The van der Waals surface area contributed by atoms with Crippen molar-refractivity contribution in [2.75, 3.05) is 12.4 Å². The molecule has 9 nitrogen and oxygen atoms in total. The number of esters is 1. The van der Waals surface area contributed by atoms with E-state index in [1.54, 1.807) is 42.5 Å². The number of nitro benzene ring substituents is 1. The third kappa shape index (κ3) is 6.53. The van der Waals surface area contributed by atoms with E-state index in [1.165, 1.54) is 25.3 Å². The summed E-state index contributed by atoms with van der Waals surface area (Å²) in [5.41, 5.74) is 2.52. The lowest BCUT2D eigenvalue weighted by Gasteiger charge is -2.18. The second-order valence-corrected chi connectivity index (χ2v) is 8.13. The average Bonchev–Trinajstić information content (AvgIpc) is 2.87. The first-order valence-corrected chi connectivity index (χ1v) is 11.2. The standard InChI is InChI=1S/C27H26N2O7/c1-17-9-10-20(15-18(17)2)26(32)27(19-7-5-4-6-8-19)36-25(31)14-13-24(30)28-22-12-11-21(35-3)16-23(22)29(33)34/h4-12,15-16,27H,13-14H2,1-3H3,(H,28,30)/t27-/m1/s1. The Labute approximate surface area is 208 Å². The normalized spacial score (nSPS) is 11.3. The highest BCUT2D eigenvalue weighted by atomic mass is 16.6. The molecule has 0 aliphatic heterocycles. The topological polar surface area (TPSA) is 125 Å². The fourth-order valence-electron chi connectivity index (χ4n) is 3.46. The summed E-state index contributed by atoms with van der Waals surface area (Å²) in [6.45, 7) is 3.82. The molecule has 0 spiro atoms. The van der Waals surface area contributed by atoms with Crippen LogP contribution in [0.4, 0.5) is 11.4 Å². The van der Waals surface area contributed by atoms with Crippen LogP contribution in [-0.4, -0.2) is 29.7 Å². The largest absolute Gasteiger partial charge is 0.496 e. The number of benzene rings is 3. The number of methoxy groups -OCH3 is 1. The summed E-state index contributed by atoms with van der Waals surface area (Å²) < 4.78 is 10.5. The van der Waals surface area contributed by atoms with Gasteiger partial charge in [-0.1, -0.05) is 42.5 Å². The van der Waals surface area contributed by atoms with Gasteiger partial charge in [-0.05, 0) is 43.2 Å². The summed E-state index contributed by atoms with van der Waals surface area (Å²) >= 11 is 0. The van der Waals surface area contributed by atoms with E-state index in [-0.39, 0.29) is 35.7 Å². The first-order valence-electron chi connectivity index (χ1n) is 11.2. The predicted molar refractivity (Wildman–Crippen MR) is 133 cm³/mol. The van der Waals surface area contributed by atoms with Gasteiger partial charge in [-0.3, -0.25) is 24.5 Å². The van der Waals surface area contributed by atoms with Crippen LogP contribution < -0.4 is 10.1 Å². The maximum atomic E-state index is 13.2. The maximum Gasteiger partial charge on any atom is 0.307 e. The van der Waals surface area contributed by atoms with Crippen LogP contribution in [-0.2, 0) is 14.3 Å². The van der Waals surface area contributed by atoms with Crippen molar-refractivity contribution in [1.29, 1.82) is 0 Å². The minimum absolute atomic E-state index is 0.0220. The number of ether oxygens (including phenoxy) is 2. The maximum absolute atomic E-state index is 13.2. The monoisotopic (exact) mass is 490 g/mol. The van der Waals surface area contributed by atoms with Crippen molar-refractivity contribution in [3.63, 3.8) is 0 Å². The zero-order chi connectivity index (χ0) is 26.2. The number of ketones is 1. The highest BCUT2D eigenvalue weighted by Crippen LogP contribution is 2.29. The second-order valence-electron chi connectivity index (χ2n) is 8.13. The molecule has 1 amide bonds. The summed E-state index contributed by atoms with van der Waals surface area (Å²) in [7, 11) is 1.37. The number of nitrogens with zero attached hydrogens (tertiary/aromatic N) is 1. The number of hydrogen-bond acceptors (Lipinski definition) is 7. The molecular weight excluding hydrogens is 464 g/mol. The lowest BCUT2D eigenvalue weighted by atomic mass is 9.97. The van der Waals surface area contributed by atoms with E-state index in [0.29, 0.717) is 11.1 Å². The molecule has 0 saturated heterocycles. The summed E-state index contributed by atoms with van der Waals surface area (Å²) in [5, 5.41) is 13.7. The number of amides is 1. The number of Topliss-reactive ketones (excluding diaryl/α,β-unsaturated/α-hetero) is 1. The molecule has 0 saturated carbocycles. The number of nitro groups is 1. The Bertz CT molecular complexity index is 1290. The van der Waals surface area contributed by atoms with E-state index in [1.807, 2.05) is 19.9 Å². The molecule has 0 aliphatic carbocycles. The summed E-state index contributed by atoms with van der Waals surface area (Å²) in [4.78, 5) is 48.9. The van der Waals surface area contributed by atoms with Crippen LogP contribution in [0.25, 0.3) is 0 Å². The van der Waals surface area contributed by atoms with Crippen LogP contribution in [0.1, 0.15) is 46.0 Å². The molecule has 0 aromatic heterocycles. The van der Waals surface area contributed by atoms with E-state index >= 15 is 0 Å². The van der Waals surface area contributed by atoms with Gasteiger partial charge in [0.15, 0.2) is 6.10 Å². The van der Waals surface area contributed by atoms with E-state index in [0.717, 1.165) is 11.1 Å². The fraction of sp³-hybridized carbons (Fsp3) is 0.222. The third-order valence-corrected chi connectivity index (χ3v) is 5.61. The van der Waals surface area contributed by atoms with Crippen molar-refractivity contribution < 1.29 is 28.8 Å². The highest BCUT2D eigenvalue weighted by Gasteiger charge is 2.27. The zero-order valence-corrected chi connectivity index (χ0v) is 20.1. The van der Waals surface area contributed by atoms with Crippen LogP contribution in [0, 0.1) is 24.0 Å². The number of carbonyl (C=O) groups excluding carboxylic acids is 3. The Morgan fingerprint density at radius 1 is 0.944 bits per heavy atom. The lowest BCUT2D eigenvalue weighted by molar-refractivity contribution is -0.384. The number of rotatable bonds is 10. The van der Waals surface area contributed by atoms with Crippen molar-refractivity contribution in [1.82, 2.24) is 0 Å². The highest BCUT2D eigenvalue weighted by molar-refractivity contribution is 6.01. The number of aryl methyl sites for hydroxylation is 2. The molecule has 186 valence electrons. The number of hydrogen-bond donors (Lipinski definition) is 1. The van der Waals surface area contributed by atoms with Gasteiger partial charge in [0.05, 0.1) is 24.5 Å². The smallest absolute Gasteiger partial charge is 0.307 e. The third-order valence-electron chi connectivity index (χ3n) is 5.61. The molecule has 0 unspecified atom stereocenters. The molecule has 0 fully saturated rings. The first-order chi connectivity index (χ1) is 17.2. The van der Waals surface area contributed by atoms with Crippen molar-refractivity contribution in [2.45, 2.75) is 32.8 Å². The Morgan fingerprint density at radius 2 is 1.67 bits per heavy atom. The second kappa shape index (κ2) is 11.7. The lowest BCUT2D eigenvalue weighted by Crippen LogP contribution is -2.22. The van der Waals surface area contributed by atoms with Gasteiger partial charge in [0.1, 0.15) is 11.4 Å². The zero-order valence-electron chi connectivity index (χ0n) is 20.1. The minimum atomic E-state index is -1.17. The van der Waals surface area contributed by atoms with Gasteiger partial charge in [0.25, 0.3) is 5.69 Å². The van der Waals surface area contributed by atoms with Crippen LogP contribution in [0.15, 0.2) is 66.7 Å². The molecule has 1 atom stereocenters. The summed E-state index contributed by atoms with van der Waals surface area (Å²) in [6, 6.07) is 17.9. The first kappa shape index (κ1) is 26.1. The molecule has 36 heavy (non-hydrogen) atoms. The van der Waals surface area contributed by atoms with Crippen molar-refractivity contribution in [3.05, 3.63) is 99.1 Å². The van der Waals surface area contributed by atoms with Crippen molar-refractivity contribution in [2.24, 2.45) is 0 Å². The molecule has 1 N–H and O–H groups in total. The van der Waals surface area contributed by atoms with Gasteiger partial charge in [-0.25, -0.2) is 0 Å². The van der Waals surface area contributed by atoms with Gasteiger partial charge in [-0.2, -0.15) is 0 Å². The number of carbonyl (C=O) groups is 3. The molecule has 0 bridgehead atoms. The predicted octanol–water partition coefficient (Wildman–Crippen LogP) is 5.11. The molecule has 0 heterocycles. The Morgan fingerprint density at radius 3 is 2.31 bits per heavy atom. The van der Waals surface area contributed by atoms with Gasteiger partial charge in [-0.15, -0.1) is 0 Å². The Hall–Kier alpha value is -4.53. The quantitative estimate of drug-likeness (QED) is 0.181. The van der Waals surface area contributed by atoms with Crippen LogP contribution in [0.2, 0.25) is 0 Å². The van der Waals surface area contributed by atoms with E-state index in [9.17, 15) is 24.5 Å². The fourth-order valence-corrected chi connectivity index (χ4v) is 3.46. The van der Waals surface area contributed by atoms with E-state index in [4.69, 9.17) is 9.47 Å². The van der Waals surface area contributed by atoms with Gasteiger partial charge in [0.2, 0.25) is 11.7 Å².